The number of primary amides is 1. The predicted octanol–water partition coefficient (Wildman–Crippen LogP) is 2.95. The molecule has 0 aliphatic carbocycles. The van der Waals surface area contributed by atoms with Gasteiger partial charge < -0.3 is 21.1 Å². The third-order valence-electron chi connectivity index (χ3n) is 5.91. The van der Waals surface area contributed by atoms with Gasteiger partial charge in [-0.15, -0.1) is 0 Å². The molecule has 8 nitrogen and oxygen atoms in total. The van der Waals surface area contributed by atoms with E-state index in [-0.39, 0.29) is 12.8 Å². The van der Waals surface area contributed by atoms with E-state index >= 15 is 0 Å². The molecule has 3 amide bonds. The van der Waals surface area contributed by atoms with Crippen molar-refractivity contribution in [2.45, 2.75) is 31.3 Å². The summed E-state index contributed by atoms with van der Waals surface area (Å²) in [5.41, 5.74) is 6.23. The number of aryl methyl sites for hydroxylation is 1. The fourth-order valence-corrected chi connectivity index (χ4v) is 5.12. The molecule has 32 heavy (non-hydrogen) atoms. The van der Waals surface area contributed by atoms with Crippen LogP contribution in [0, 0.1) is 12.8 Å². The van der Waals surface area contributed by atoms with Gasteiger partial charge in [0.25, 0.3) is 0 Å². The highest BCUT2D eigenvalue weighted by Gasteiger charge is 2.60. The van der Waals surface area contributed by atoms with Crippen molar-refractivity contribution < 1.29 is 19.1 Å². The largest absolute Gasteiger partial charge is 0.495 e. The van der Waals surface area contributed by atoms with E-state index in [1.54, 1.807) is 24.3 Å². The smallest absolute Gasteiger partial charge is 0.250 e. The van der Waals surface area contributed by atoms with Gasteiger partial charge in [0.05, 0.1) is 29.4 Å². The number of rotatable bonds is 5. The molecule has 2 aliphatic rings. The van der Waals surface area contributed by atoms with Crippen molar-refractivity contribution in [3.63, 3.8) is 0 Å². The second kappa shape index (κ2) is 8.27. The zero-order valence-electron chi connectivity index (χ0n) is 17.4. The Labute approximate surface area is 194 Å². The van der Waals surface area contributed by atoms with E-state index in [2.05, 4.69) is 16.0 Å². The minimum atomic E-state index is -1.40. The van der Waals surface area contributed by atoms with Crippen molar-refractivity contribution in [2.75, 3.05) is 17.7 Å². The molecule has 10 heteroatoms. The Morgan fingerprint density at radius 3 is 2.72 bits per heavy atom. The van der Waals surface area contributed by atoms with Crippen LogP contribution in [-0.4, -0.2) is 30.9 Å². The second-order valence-electron chi connectivity index (χ2n) is 8.07. The molecule has 0 bridgehead atoms. The van der Waals surface area contributed by atoms with Gasteiger partial charge in [-0.2, -0.15) is 0 Å². The lowest BCUT2D eigenvalue weighted by Gasteiger charge is -2.29. The first-order chi connectivity index (χ1) is 15.1. The van der Waals surface area contributed by atoms with Crippen LogP contribution in [0.4, 0.5) is 11.4 Å². The maximum atomic E-state index is 13.5. The molecule has 2 aromatic rings. The molecule has 2 heterocycles. The maximum absolute atomic E-state index is 13.5. The quantitative estimate of drug-likeness (QED) is 0.528. The van der Waals surface area contributed by atoms with Crippen molar-refractivity contribution in [3.05, 3.63) is 51.5 Å². The molecule has 3 atom stereocenters. The molecular weight excluding hydrogens is 455 g/mol. The van der Waals surface area contributed by atoms with Gasteiger partial charge in [0.1, 0.15) is 11.3 Å². The number of amides is 3. The Morgan fingerprint density at radius 2 is 2.03 bits per heavy atom. The number of fused-ring (bicyclic) bond motifs is 2. The molecule has 0 aromatic heterocycles. The lowest BCUT2D eigenvalue weighted by atomic mass is 9.79. The summed E-state index contributed by atoms with van der Waals surface area (Å²) in [5, 5.41) is 9.65. The summed E-state index contributed by atoms with van der Waals surface area (Å²) in [6.45, 7) is 1.85. The molecule has 5 N–H and O–H groups in total. The number of methoxy groups -OCH3 is 1. The third kappa shape index (κ3) is 3.68. The summed E-state index contributed by atoms with van der Waals surface area (Å²) in [6.07, 6.45) is 0.199. The molecule has 0 saturated carbocycles. The van der Waals surface area contributed by atoms with Crippen molar-refractivity contribution in [3.8, 4) is 5.75 Å². The van der Waals surface area contributed by atoms with Gasteiger partial charge in [0.2, 0.25) is 17.7 Å². The van der Waals surface area contributed by atoms with Crippen molar-refractivity contribution in [1.29, 1.82) is 0 Å². The normalized spacial score (nSPS) is 23.7. The van der Waals surface area contributed by atoms with Crippen molar-refractivity contribution in [1.82, 2.24) is 5.32 Å². The van der Waals surface area contributed by atoms with Crippen LogP contribution in [0.2, 0.25) is 10.0 Å². The Kier molecular flexibility index (Phi) is 5.79. The first-order valence-corrected chi connectivity index (χ1v) is 10.7. The fraction of sp³-hybridized carbons (Fsp3) is 0.318. The Hall–Kier alpha value is -2.81. The van der Waals surface area contributed by atoms with Crippen LogP contribution in [-0.2, 0) is 19.9 Å². The third-order valence-corrected chi connectivity index (χ3v) is 6.45. The number of anilines is 2. The average molecular weight is 477 g/mol. The number of hydrogen-bond donors (Lipinski definition) is 4. The van der Waals surface area contributed by atoms with Crippen LogP contribution in [0.3, 0.4) is 0 Å². The molecule has 1 fully saturated rings. The molecule has 168 valence electrons. The molecular formula is C22H22Cl2N4O4. The summed E-state index contributed by atoms with van der Waals surface area (Å²) in [7, 11) is 1.48. The number of ether oxygens (including phenoxy) is 1. The summed E-state index contributed by atoms with van der Waals surface area (Å²) in [6, 6.07) is 7.93. The van der Waals surface area contributed by atoms with Crippen molar-refractivity contribution in [2.24, 2.45) is 11.7 Å². The maximum Gasteiger partial charge on any atom is 0.250 e. The van der Waals surface area contributed by atoms with Gasteiger partial charge in [-0.3, -0.25) is 19.7 Å². The molecule has 0 radical (unpaired) electrons. The Balaban J connectivity index is 1.78. The van der Waals surface area contributed by atoms with E-state index in [0.717, 1.165) is 5.56 Å². The lowest BCUT2D eigenvalue weighted by Crippen LogP contribution is -2.52. The van der Waals surface area contributed by atoms with E-state index < -0.39 is 35.2 Å². The van der Waals surface area contributed by atoms with Crippen LogP contribution < -0.4 is 26.4 Å². The summed E-state index contributed by atoms with van der Waals surface area (Å²) in [5.74, 6) is -1.80. The molecule has 2 aromatic carbocycles. The van der Waals surface area contributed by atoms with Crippen LogP contribution in [0.5, 0.6) is 5.75 Å². The molecule has 1 spiro atoms. The topological polar surface area (TPSA) is 123 Å². The Morgan fingerprint density at radius 1 is 1.28 bits per heavy atom. The zero-order valence-corrected chi connectivity index (χ0v) is 18.9. The molecule has 4 rings (SSSR count). The second-order valence-corrected chi connectivity index (χ2v) is 8.91. The van der Waals surface area contributed by atoms with Gasteiger partial charge in [0, 0.05) is 23.0 Å². The highest BCUT2D eigenvalue weighted by Crippen LogP contribution is 2.50. The monoisotopic (exact) mass is 476 g/mol. The van der Waals surface area contributed by atoms with E-state index in [0.29, 0.717) is 32.7 Å². The number of nitrogens with two attached hydrogens (primary N) is 1. The molecule has 2 aliphatic heterocycles. The zero-order chi connectivity index (χ0) is 23.2. The minimum Gasteiger partial charge on any atom is -0.495 e. The van der Waals surface area contributed by atoms with E-state index in [4.69, 9.17) is 33.7 Å². The van der Waals surface area contributed by atoms with Crippen LogP contribution in [0.1, 0.15) is 24.0 Å². The van der Waals surface area contributed by atoms with Gasteiger partial charge in [-0.1, -0.05) is 29.3 Å². The summed E-state index contributed by atoms with van der Waals surface area (Å²) < 4.78 is 5.32. The SMILES string of the molecule is COc1ccc(Cl)cc1NC(=O)C1CC(CC(N)=O)NC12C(=O)Nc1c(Cl)cc(C)cc12. The number of benzene rings is 2. The molecule has 1 saturated heterocycles. The highest BCUT2D eigenvalue weighted by molar-refractivity contribution is 6.35. The van der Waals surface area contributed by atoms with E-state index in [9.17, 15) is 14.4 Å². The van der Waals surface area contributed by atoms with Crippen molar-refractivity contribution >= 4 is 52.3 Å². The van der Waals surface area contributed by atoms with Gasteiger partial charge >= 0.3 is 0 Å². The number of nitrogens with one attached hydrogen (secondary N) is 3. The van der Waals surface area contributed by atoms with Crippen LogP contribution >= 0.6 is 23.2 Å². The summed E-state index contributed by atoms with van der Waals surface area (Å²) >= 11 is 12.5. The standard InChI is InChI=1S/C22H22Cl2N4O4/c1-10-5-13-19(15(24)6-10)27-21(31)22(13)14(8-12(28-22)9-18(25)29)20(30)26-16-7-11(23)3-4-17(16)32-2/h3-7,12,14,28H,8-9H2,1-2H3,(H2,25,29)(H,26,30)(H,27,31). The number of halogens is 2. The molecule has 3 unspecified atom stereocenters. The van der Waals surface area contributed by atoms with E-state index in [1.165, 1.54) is 7.11 Å². The predicted molar refractivity (Wildman–Crippen MR) is 122 cm³/mol. The fourth-order valence-electron chi connectivity index (χ4n) is 4.63. The minimum absolute atomic E-state index is 0.0197. The number of carbonyl (C=O) groups is 3. The number of carbonyl (C=O) groups excluding carboxylic acids is 3. The lowest BCUT2D eigenvalue weighted by molar-refractivity contribution is -0.130. The average Bonchev–Trinajstić information content (AvgIpc) is 3.21. The van der Waals surface area contributed by atoms with Gasteiger partial charge in [-0.05, 0) is 43.2 Å². The first kappa shape index (κ1) is 22.4. The van der Waals surface area contributed by atoms with E-state index in [1.807, 2.05) is 13.0 Å². The Bertz CT molecular complexity index is 1140. The van der Waals surface area contributed by atoms with Gasteiger partial charge in [-0.25, -0.2) is 0 Å². The van der Waals surface area contributed by atoms with Crippen LogP contribution in [0.15, 0.2) is 30.3 Å². The van der Waals surface area contributed by atoms with Gasteiger partial charge in [0.15, 0.2) is 0 Å². The number of hydrogen-bond acceptors (Lipinski definition) is 5. The van der Waals surface area contributed by atoms with Crippen LogP contribution in [0.25, 0.3) is 0 Å². The summed E-state index contributed by atoms with van der Waals surface area (Å²) in [4.78, 5) is 38.5. The highest BCUT2D eigenvalue weighted by atomic mass is 35.5. The first-order valence-electron chi connectivity index (χ1n) is 9.98.